The molecule has 2 aromatic heterocycles. The fourth-order valence-electron chi connectivity index (χ4n) is 2.45. The predicted octanol–water partition coefficient (Wildman–Crippen LogP) is 4.77. The Labute approximate surface area is 157 Å². The van der Waals surface area contributed by atoms with Gasteiger partial charge < -0.3 is 9.84 Å². The van der Waals surface area contributed by atoms with Gasteiger partial charge in [-0.25, -0.2) is 9.97 Å². The molecule has 0 saturated heterocycles. The van der Waals surface area contributed by atoms with Crippen molar-refractivity contribution < 1.29 is 9.84 Å². The number of nitrogens with zero attached hydrogens (tertiary/aromatic N) is 2. The lowest BCUT2D eigenvalue weighted by atomic mass is 10.0. The first-order valence-corrected chi connectivity index (χ1v) is 9.15. The molecule has 1 aromatic carbocycles. The minimum atomic E-state index is -0.863. The normalized spacial score (nSPS) is 13.7. The first kappa shape index (κ1) is 17.5. The number of halogens is 2. The Morgan fingerprint density at radius 3 is 2.83 bits per heavy atom. The number of hydrogen-bond acceptors (Lipinski definition) is 5. The van der Waals surface area contributed by atoms with Crippen LogP contribution >= 0.6 is 38.9 Å². The zero-order valence-electron chi connectivity index (χ0n) is 12.7. The summed E-state index contributed by atoms with van der Waals surface area (Å²) in [6.45, 7) is 0. The molecule has 4 nitrogen and oxygen atoms in total. The number of benzene rings is 1. The van der Waals surface area contributed by atoms with Crippen LogP contribution in [0.4, 0.5) is 0 Å². The smallest absolute Gasteiger partial charge is 0.138 e. The van der Waals surface area contributed by atoms with E-state index in [1.165, 1.54) is 23.9 Å². The second kappa shape index (κ2) is 7.72. The van der Waals surface area contributed by atoms with Crippen molar-refractivity contribution in [1.29, 1.82) is 0 Å². The molecule has 24 heavy (non-hydrogen) atoms. The lowest BCUT2D eigenvalue weighted by Gasteiger charge is -2.15. The van der Waals surface area contributed by atoms with E-state index >= 15 is 0 Å². The average molecular weight is 426 g/mol. The Balaban J connectivity index is 1.90. The molecule has 3 rings (SSSR count). The Hall–Kier alpha value is -1.31. The molecule has 0 aliphatic carbocycles. The molecule has 3 aromatic rings. The maximum absolute atomic E-state index is 10.6. The van der Waals surface area contributed by atoms with Crippen LogP contribution in [0.25, 0.3) is 0 Å². The van der Waals surface area contributed by atoms with E-state index in [4.69, 9.17) is 16.3 Å². The van der Waals surface area contributed by atoms with Gasteiger partial charge >= 0.3 is 0 Å². The zero-order chi connectivity index (χ0) is 17.1. The van der Waals surface area contributed by atoms with E-state index in [9.17, 15) is 5.11 Å². The summed E-state index contributed by atoms with van der Waals surface area (Å²) in [7, 11) is 1.67. The Kier molecular flexibility index (Phi) is 5.63. The van der Waals surface area contributed by atoms with Crippen molar-refractivity contribution in [2.24, 2.45) is 0 Å². The number of ether oxygens (including phenoxy) is 1. The lowest BCUT2D eigenvalue weighted by Crippen LogP contribution is -2.03. The number of aromatic nitrogens is 2. The van der Waals surface area contributed by atoms with Crippen LogP contribution < -0.4 is 0 Å². The number of rotatable bonds is 5. The minimum Gasteiger partial charge on any atom is -0.383 e. The quantitative estimate of drug-likeness (QED) is 0.598. The molecule has 2 heterocycles. The highest BCUT2D eigenvalue weighted by molar-refractivity contribution is 9.10. The van der Waals surface area contributed by atoms with Crippen LogP contribution in [-0.2, 0) is 4.74 Å². The molecule has 0 aliphatic heterocycles. The highest BCUT2D eigenvalue weighted by Crippen LogP contribution is 2.35. The van der Waals surface area contributed by atoms with Gasteiger partial charge in [0.05, 0.1) is 0 Å². The van der Waals surface area contributed by atoms with Gasteiger partial charge in [0.25, 0.3) is 0 Å². The molecule has 0 amide bonds. The first-order chi connectivity index (χ1) is 11.6. The molecule has 124 valence electrons. The maximum Gasteiger partial charge on any atom is 0.138 e. The van der Waals surface area contributed by atoms with Gasteiger partial charge in [0.1, 0.15) is 23.7 Å². The molecular formula is C17H14BrClN2O2S. The van der Waals surface area contributed by atoms with Gasteiger partial charge in [-0.05, 0) is 34.7 Å². The molecule has 0 bridgehead atoms. The largest absolute Gasteiger partial charge is 0.383 e. The molecule has 2 atom stereocenters. The van der Waals surface area contributed by atoms with E-state index in [0.717, 1.165) is 20.5 Å². The zero-order valence-corrected chi connectivity index (χ0v) is 15.8. The summed E-state index contributed by atoms with van der Waals surface area (Å²) < 4.78 is 6.64. The highest BCUT2D eigenvalue weighted by atomic mass is 79.9. The number of methoxy groups -OCH3 is 1. The Morgan fingerprint density at radius 1 is 1.29 bits per heavy atom. The first-order valence-electron chi connectivity index (χ1n) is 7.10. The van der Waals surface area contributed by atoms with Gasteiger partial charge in [-0.2, -0.15) is 0 Å². The molecule has 2 unspecified atom stereocenters. The predicted molar refractivity (Wildman–Crippen MR) is 98.4 cm³/mol. The van der Waals surface area contributed by atoms with E-state index < -0.39 is 6.10 Å². The molecule has 0 fully saturated rings. The van der Waals surface area contributed by atoms with Gasteiger partial charge in [-0.3, -0.25) is 0 Å². The van der Waals surface area contributed by atoms with Gasteiger partial charge in [0, 0.05) is 28.2 Å². The molecule has 0 radical (unpaired) electrons. The van der Waals surface area contributed by atoms with Crippen molar-refractivity contribution >= 4 is 38.9 Å². The fourth-order valence-corrected chi connectivity index (χ4v) is 3.98. The van der Waals surface area contributed by atoms with Gasteiger partial charge in [-0.15, -0.1) is 11.3 Å². The molecule has 0 spiro atoms. The molecule has 7 heteroatoms. The molecule has 0 saturated carbocycles. The fraction of sp³-hybridized carbons (Fsp3) is 0.176. The summed E-state index contributed by atoms with van der Waals surface area (Å²) in [4.78, 5) is 8.60. The van der Waals surface area contributed by atoms with E-state index in [0.29, 0.717) is 5.56 Å². The monoisotopic (exact) mass is 424 g/mol. The van der Waals surface area contributed by atoms with Crippen LogP contribution in [0.2, 0.25) is 5.15 Å². The number of thiophene rings is 1. The van der Waals surface area contributed by atoms with Crippen molar-refractivity contribution in [3.05, 3.63) is 79.4 Å². The van der Waals surface area contributed by atoms with Crippen molar-refractivity contribution in [2.45, 2.75) is 12.2 Å². The Morgan fingerprint density at radius 2 is 2.12 bits per heavy atom. The van der Waals surface area contributed by atoms with Crippen molar-refractivity contribution in [3.8, 4) is 0 Å². The van der Waals surface area contributed by atoms with Gasteiger partial charge in [-0.1, -0.05) is 39.7 Å². The van der Waals surface area contributed by atoms with Gasteiger partial charge in [0.15, 0.2) is 0 Å². The maximum atomic E-state index is 10.6. The number of aliphatic hydroxyl groups is 1. The Bertz CT molecular complexity index is 843. The standard InChI is InChI=1S/C17H14BrClN2O2S/c1-23-16(10-3-2-4-12(18)5-10)11-6-14(24-8-11)15(22)13-7-20-9-21-17(13)19/h2-9,15-16,22H,1H3. The summed E-state index contributed by atoms with van der Waals surface area (Å²) >= 11 is 11.0. The molecule has 1 N–H and O–H groups in total. The van der Waals surface area contributed by atoms with Crippen LogP contribution in [0.5, 0.6) is 0 Å². The number of hydrogen-bond donors (Lipinski definition) is 1. The SMILES string of the molecule is COC(c1cccc(Br)c1)c1csc(C(O)c2cncnc2Cl)c1. The van der Waals surface area contributed by atoms with Gasteiger partial charge in [0.2, 0.25) is 0 Å². The minimum absolute atomic E-state index is 0.206. The summed E-state index contributed by atoms with van der Waals surface area (Å²) in [6, 6.07) is 9.89. The van der Waals surface area contributed by atoms with E-state index in [2.05, 4.69) is 25.9 Å². The van der Waals surface area contributed by atoms with E-state index in [1.54, 1.807) is 7.11 Å². The second-order valence-electron chi connectivity index (χ2n) is 5.12. The topological polar surface area (TPSA) is 55.2 Å². The van der Waals surface area contributed by atoms with Crippen molar-refractivity contribution in [1.82, 2.24) is 9.97 Å². The lowest BCUT2D eigenvalue weighted by molar-refractivity contribution is 0.136. The van der Waals surface area contributed by atoms with Crippen LogP contribution in [0.15, 0.2) is 52.7 Å². The summed E-state index contributed by atoms with van der Waals surface area (Å²) in [6.07, 6.45) is 1.81. The average Bonchev–Trinajstić information content (AvgIpc) is 3.05. The van der Waals surface area contributed by atoms with Crippen LogP contribution in [-0.4, -0.2) is 22.2 Å². The third-order valence-corrected chi connectivity index (χ3v) is 5.40. The van der Waals surface area contributed by atoms with E-state index in [-0.39, 0.29) is 11.3 Å². The van der Waals surface area contributed by atoms with Crippen molar-refractivity contribution in [2.75, 3.05) is 7.11 Å². The molecular weight excluding hydrogens is 412 g/mol. The highest BCUT2D eigenvalue weighted by Gasteiger charge is 2.21. The van der Waals surface area contributed by atoms with Crippen LogP contribution in [0, 0.1) is 0 Å². The third-order valence-electron chi connectivity index (χ3n) is 3.58. The second-order valence-corrected chi connectivity index (χ2v) is 7.34. The van der Waals surface area contributed by atoms with Crippen LogP contribution in [0.3, 0.4) is 0 Å². The summed E-state index contributed by atoms with van der Waals surface area (Å²) in [5, 5.41) is 12.8. The summed E-state index contributed by atoms with van der Waals surface area (Å²) in [5.74, 6) is 0. The number of aliphatic hydroxyl groups excluding tert-OH is 1. The van der Waals surface area contributed by atoms with E-state index in [1.807, 2.05) is 35.7 Å². The van der Waals surface area contributed by atoms with Crippen LogP contribution in [0.1, 0.15) is 33.8 Å². The molecule has 0 aliphatic rings. The summed E-state index contributed by atoms with van der Waals surface area (Å²) in [5.41, 5.74) is 2.50. The van der Waals surface area contributed by atoms with Crippen molar-refractivity contribution in [3.63, 3.8) is 0 Å². The third kappa shape index (κ3) is 3.68.